The third kappa shape index (κ3) is 4.61. The van der Waals surface area contributed by atoms with Crippen LogP contribution in [0.5, 0.6) is 0 Å². The van der Waals surface area contributed by atoms with Crippen molar-refractivity contribution in [3.63, 3.8) is 0 Å². The minimum absolute atomic E-state index is 0.537. The molecule has 2 unspecified atom stereocenters. The molecule has 0 N–H and O–H groups in total. The zero-order chi connectivity index (χ0) is 29.0. The van der Waals surface area contributed by atoms with Crippen LogP contribution in [0.4, 0.5) is 0 Å². The maximum atomic E-state index is 2.75. The molecule has 208 valence electrons. The molecule has 6 aromatic rings. The first-order valence-electron chi connectivity index (χ1n) is 15.6. The fourth-order valence-electron chi connectivity index (χ4n) is 8.34. The van der Waals surface area contributed by atoms with Crippen LogP contribution in [0.25, 0.3) is 33.7 Å². The van der Waals surface area contributed by atoms with E-state index in [4.69, 9.17) is 0 Å². The summed E-state index contributed by atoms with van der Waals surface area (Å²) in [6.07, 6.45) is 7.14. The summed E-state index contributed by atoms with van der Waals surface area (Å²) in [7, 11) is 0. The Labute approximate surface area is 259 Å². The quantitative estimate of drug-likeness (QED) is 0.150. The van der Waals surface area contributed by atoms with Crippen LogP contribution in [0.1, 0.15) is 40.7 Å². The Hall–Kier alpha value is -3.81. The van der Waals surface area contributed by atoms with Crippen LogP contribution in [0, 0.1) is 0 Å². The molecule has 0 nitrogen and oxygen atoms in total. The molecule has 8 rings (SSSR count). The zero-order valence-electron chi connectivity index (χ0n) is 24.9. The average Bonchev–Trinajstić information content (AvgIpc) is 3.60. The maximum absolute atomic E-state index is 3.24. The van der Waals surface area contributed by atoms with Gasteiger partial charge >= 0.3 is 261 Å². The minimum atomic E-state index is -3.24. The van der Waals surface area contributed by atoms with Gasteiger partial charge in [0.25, 0.3) is 0 Å². The van der Waals surface area contributed by atoms with Gasteiger partial charge in [0.15, 0.2) is 0 Å². The molecule has 0 fully saturated rings. The summed E-state index contributed by atoms with van der Waals surface area (Å²) in [4.78, 5) is 0. The Morgan fingerprint density at radius 1 is 0.442 bits per heavy atom. The predicted molar refractivity (Wildman–Crippen MR) is 181 cm³/mol. The number of rotatable bonds is 6. The summed E-state index contributed by atoms with van der Waals surface area (Å²) in [5.41, 5.74) is 12.1. The molecule has 0 spiro atoms. The normalized spacial score (nSPS) is 17.5. The van der Waals surface area contributed by atoms with Gasteiger partial charge in [-0.05, 0) is 0 Å². The van der Waals surface area contributed by atoms with Crippen molar-refractivity contribution in [2.75, 3.05) is 0 Å². The van der Waals surface area contributed by atoms with Gasteiger partial charge in [-0.15, -0.1) is 0 Å². The first-order chi connectivity index (χ1) is 21.1. The van der Waals surface area contributed by atoms with Crippen molar-refractivity contribution in [1.82, 2.24) is 0 Å². The van der Waals surface area contributed by atoms with E-state index in [1.807, 2.05) is 0 Å². The molecule has 0 heterocycles. The average molecular weight is 719 g/mol. The third-order valence-electron chi connectivity index (χ3n) is 10.1. The van der Waals surface area contributed by atoms with Crippen molar-refractivity contribution in [2.24, 2.45) is 0 Å². The molecule has 0 saturated carbocycles. The van der Waals surface area contributed by atoms with E-state index in [1.54, 1.807) is 22.3 Å². The molecule has 0 aliphatic heterocycles. The van der Waals surface area contributed by atoms with Crippen molar-refractivity contribution in [3.05, 3.63) is 178 Å². The van der Waals surface area contributed by atoms with E-state index < -0.39 is 20.0 Å². The van der Waals surface area contributed by atoms with Gasteiger partial charge in [-0.2, -0.15) is 0 Å². The Morgan fingerprint density at radius 3 is 1.33 bits per heavy atom. The van der Waals surface area contributed by atoms with Crippen LogP contribution in [-0.4, -0.2) is 0 Å². The van der Waals surface area contributed by atoms with Crippen LogP contribution >= 0.6 is 0 Å². The van der Waals surface area contributed by atoms with Gasteiger partial charge in [0.05, 0.1) is 0 Å². The summed E-state index contributed by atoms with van der Waals surface area (Å²) in [6, 6.07) is 50.0. The Kier molecular flexibility index (Phi) is 6.68. The van der Waals surface area contributed by atoms with E-state index in [0.717, 1.165) is 12.8 Å². The van der Waals surface area contributed by atoms with Crippen molar-refractivity contribution >= 4 is 33.7 Å². The van der Waals surface area contributed by atoms with Crippen LogP contribution in [-0.2, 0) is 32.8 Å². The third-order valence-corrected chi connectivity index (χ3v) is 25.7. The predicted octanol–water partition coefficient (Wildman–Crippen LogP) is 11.3. The molecule has 1 heteroatoms. The fraction of sp³-hybridized carbons (Fsp3) is 0.143. The monoisotopic (exact) mass is 720 g/mol. The molecule has 43 heavy (non-hydrogen) atoms. The van der Waals surface area contributed by atoms with Gasteiger partial charge in [-0.25, -0.2) is 0 Å². The molecule has 2 atom stereocenters. The summed E-state index contributed by atoms with van der Waals surface area (Å²) >= 11 is -3.24. The number of allylic oxidation sites excluding steroid dienone is 2. The van der Waals surface area contributed by atoms with E-state index in [9.17, 15) is 0 Å². The molecule has 0 saturated heterocycles. The topological polar surface area (TPSA) is 0 Å². The van der Waals surface area contributed by atoms with Gasteiger partial charge in [-0.3, -0.25) is 0 Å². The van der Waals surface area contributed by atoms with Crippen molar-refractivity contribution in [2.45, 2.75) is 29.6 Å². The molecular formula is C42H36Hf. The van der Waals surface area contributed by atoms with E-state index in [0.29, 0.717) is 7.35 Å². The fourth-order valence-corrected chi connectivity index (χ4v) is 25.4. The number of benzene rings is 6. The van der Waals surface area contributed by atoms with Gasteiger partial charge in [-0.1, -0.05) is 0 Å². The Morgan fingerprint density at radius 2 is 0.837 bits per heavy atom. The summed E-state index contributed by atoms with van der Waals surface area (Å²) in [5, 5.41) is 5.44. The summed E-state index contributed by atoms with van der Waals surface area (Å²) in [5.74, 6) is 0. The molecule has 0 radical (unpaired) electrons. The van der Waals surface area contributed by atoms with Crippen LogP contribution in [0.2, 0.25) is 9.36 Å². The molecule has 0 aromatic heterocycles. The number of hydrogen-bond acceptors (Lipinski definition) is 0. The number of fused-ring (bicyclic) bond motifs is 4. The first-order valence-corrected chi connectivity index (χ1v) is 26.9. The Bertz CT molecular complexity index is 1920. The molecule has 6 aromatic carbocycles. The Balaban J connectivity index is 1.24. The van der Waals surface area contributed by atoms with Crippen LogP contribution < -0.4 is 0 Å². The second kappa shape index (κ2) is 10.7. The molecule has 0 bridgehead atoms. The SMILES string of the molecule is [CH3][Hf]([CH3])([CH]1C(Cc2cccc3ccccc23)=Cc2ccccc21)[CH]1C(Cc2cccc3ccccc23)=Cc2ccccc21. The summed E-state index contributed by atoms with van der Waals surface area (Å²) < 4.78 is 6.57. The molecular weight excluding hydrogens is 683 g/mol. The number of hydrogen-bond donors (Lipinski definition) is 0. The van der Waals surface area contributed by atoms with Crippen LogP contribution in [0.3, 0.4) is 0 Å². The molecule has 0 amide bonds. The first kappa shape index (κ1) is 26.8. The zero-order valence-corrected chi connectivity index (χ0v) is 28.5. The standard InChI is InChI=1S/2C20H15.2CH3.Hf/c2*1-2-8-18-13-15(12-17(18)7-1)14-19-10-5-9-16-6-3-4-11-20(16)19;;;/h2*1-13H,14H2;2*1H3;. The van der Waals surface area contributed by atoms with Gasteiger partial charge in [0.2, 0.25) is 0 Å². The second-order valence-electron chi connectivity index (χ2n) is 13.0. The van der Waals surface area contributed by atoms with Crippen molar-refractivity contribution in [3.8, 4) is 0 Å². The summed E-state index contributed by atoms with van der Waals surface area (Å²) in [6.45, 7) is 0. The van der Waals surface area contributed by atoms with Crippen LogP contribution in [0.15, 0.2) is 145 Å². The van der Waals surface area contributed by atoms with Crippen molar-refractivity contribution in [1.29, 1.82) is 0 Å². The van der Waals surface area contributed by atoms with E-state index in [1.165, 1.54) is 43.8 Å². The van der Waals surface area contributed by atoms with E-state index in [-0.39, 0.29) is 0 Å². The van der Waals surface area contributed by atoms with Gasteiger partial charge < -0.3 is 0 Å². The molecule has 2 aliphatic carbocycles. The van der Waals surface area contributed by atoms with Gasteiger partial charge in [0.1, 0.15) is 0 Å². The van der Waals surface area contributed by atoms with E-state index >= 15 is 0 Å². The van der Waals surface area contributed by atoms with E-state index in [2.05, 4.69) is 155 Å². The van der Waals surface area contributed by atoms with Crippen molar-refractivity contribution < 1.29 is 20.0 Å². The van der Waals surface area contributed by atoms with Gasteiger partial charge in [0, 0.05) is 0 Å². The molecule has 2 aliphatic rings. The second-order valence-corrected chi connectivity index (χ2v) is 30.2.